The van der Waals surface area contributed by atoms with E-state index in [4.69, 9.17) is 0 Å². The third kappa shape index (κ3) is 2.78. The van der Waals surface area contributed by atoms with Crippen LogP contribution >= 0.6 is 0 Å². The lowest BCUT2D eigenvalue weighted by Gasteiger charge is -2.33. The highest BCUT2D eigenvalue weighted by Crippen LogP contribution is 2.53. The van der Waals surface area contributed by atoms with Crippen LogP contribution in [0.25, 0.3) is 0 Å². The van der Waals surface area contributed by atoms with Crippen LogP contribution in [0.2, 0.25) is 0 Å². The molecule has 2 amide bonds. The van der Waals surface area contributed by atoms with Gasteiger partial charge in [-0.25, -0.2) is 9.29 Å². The number of benzene rings is 3. The first-order valence-electron chi connectivity index (χ1n) is 10.7. The van der Waals surface area contributed by atoms with Crippen molar-refractivity contribution in [2.24, 2.45) is 16.9 Å². The number of fused-ring (bicyclic) bond motifs is 5. The Morgan fingerprint density at radius 2 is 1.48 bits per heavy atom. The van der Waals surface area contributed by atoms with Crippen LogP contribution < -0.4 is 4.90 Å². The molecule has 2 fully saturated rings. The Kier molecular flexibility index (Phi) is 4.26. The first kappa shape index (κ1) is 19.5. The van der Waals surface area contributed by atoms with E-state index in [2.05, 4.69) is 5.10 Å². The summed E-state index contributed by atoms with van der Waals surface area (Å²) in [5.74, 6) is -3.23. The van der Waals surface area contributed by atoms with E-state index in [1.165, 1.54) is 29.2 Å². The van der Waals surface area contributed by atoms with Gasteiger partial charge < -0.3 is 0 Å². The minimum Gasteiger partial charge on any atom is -0.292 e. The summed E-state index contributed by atoms with van der Waals surface area (Å²) in [6, 6.07) is 20.0. The zero-order valence-electron chi connectivity index (χ0n) is 17.3. The Morgan fingerprint density at radius 1 is 0.818 bits per heavy atom. The van der Waals surface area contributed by atoms with Crippen LogP contribution in [0.5, 0.6) is 0 Å². The Balaban J connectivity index is 1.50. The second kappa shape index (κ2) is 7.20. The minimum atomic E-state index is -0.972. The lowest BCUT2D eigenvalue weighted by Crippen LogP contribution is -2.44. The average molecular weight is 439 g/mol. The molecule has 0 N–H and O–H groups in total. The van der Waals surface area contributed by atoms with E-state index in [9.17, 15) is 18.8 Å². The second-order valence-electron chi connectivity index (χ2n) is 8.41. The fourth-order valence-electron chi connectivity index (χ4n) is 5.28. The standard InChI is InChI=1S/C26H18FN3O3/c27-17-12-10-15(11-13-17)24(31)23-21-20(22-19-9-5-4-6-16(19)14-28-30(22)23)25(32)29(26(21)33)18-7-2-1-3-8-18/h1-14,20-23H. The van der Waals surface area contributed by atoms with E-state index in [1.807, 2.05) is 30.3 Å². The van der Waals surface area contributed by atoms with Gasteiger partial charge in [-0.15, -0.1) is 0 Å². The molecule has 7 heteroatoms. The summed E-state index contributed by atoms with van der Waals surface area (Å²) in [5.41, 5.74) is 2.46. The van der Waals surface area contributed by atoms with Gasteiger partial charge in [0.1, 0.15) is 11.9 Å². The topological polar surface area (TPSA) is 70.0 Å². The molecule has 6 rings (SSSR count). The fraction of sp³-hybridized carbons (Fsp3) is 0.154. The van der Waals surface area contributed by atoms with E-state index in [0.29, 0.717) is 5.69 Å². The zero-order chi connectivity index (χ0) is 22.7. The highest BCUT2D eigenvalue weighted by molar-refractivity contribution is 6.24. The van der Waals surface area contributed by atoms with Gasteiger partial charge in [-0.05, 0) is 47.5 Å². The summed E-state index contributed by atoms with van der Waals surface area (Å²) in [6.45, 7) is 0. The molecule has 0 radical (unpaired) electrons. The molecule has 0 aromatic heterocycles. The largest absolute Gasteiger partial charge is 0.292 e. The molecule has 6 nitrogen and oxygen atoms in total. The lowest BCUT2D eigenvalue weighted by atomic mass is 9.83. The Bertz CT molecular complexity index is 1320. The van der Waals surface area contributed by atoms with E-state index in [0.717, 1.165) is 11.1 Å². The molecule has 3 aromatic carbocycles. The summed E-state index contributed by atoms with van der Waals surface area (Å²) in [6.07, 6.45) is 1.65. The number of rotatable bonds is 3. The molecule has 0 spiro atoms. The number of para-hydroxylation sites is 1. The molecule has 4 atom stereocenters. The SMILES string of the molecule is O=C(c1ccc(F)cc1)C1C2C(=O)N(c3ccccc3)C(=O)C2C2c3ccccc3C=NN12. The quantitative estimate of drug-likeness (QED) is 0.462. The monoisotopic (exact) mass is 439 g/mol. The van der Waals surface area contributed by atoms with Crippen LogP contribution in [-0.4, -0.2) is 34.9 Å². The van der Waals surface area contributed by atoms with E-state index in [1.54, 1.807) is 35.5 Å². The van der Waals surface area contributed by atoms with Crippen LogP contribution in [0.15, 0.2) is 84.0 Å². The van der Waals surface area contributed by atoms with Gasteiger partial charge >= 0.3 is 0 Å². The lowest BCUT2D eigenvalue weighted by molar-refractivity contribution is -0.124. The highest BCUT2D eigenvalue weighted by Gasteiger charge is 2.65. The first-order valence-corrected chi connectivity index (χ1v) is 10.7. The number of hydrazone groups is 1. The number of halogens is 1. The van der Waals surface area contributed by atoms with Crippen LogP contribution in [0, 0.1) is 17.7 Å². The number of anilines is 1. The maximum absolute atomic E-state index is 13.7. The van der Waals surface area contributed by atoms with Crippen LogP contribution in [0.1, 0.15) is 27.5 Å². The summed E-state index contributed by atoms with van der Waals surface area (Å²) in [5, 5.41) is 6.12. The van der Waals surface area contributed by atoms with Gasteiger partial charge in [-0.3, -0.25) is 19.4 Å². The number of nitrogens with zero attached hydrogens (tertiary/aromatic N) is 3. The molecule has 4 unspecified atom stereocenters. The number of imide groups is 1. The number of carbonyl (C=O) groups is 3. The summed E-state index contributed by atoms with van der Waals surface area (Å²) in [7, 11) is 0. The molecule has 162 valence electrons. The average Bonchev–Trinajstić information content (AvgIpc) is 3.32. The van der Waals surface area contributed by atoms with Gasteiger partial charge in [0.25, 0.3) is 0 Å². The summed E-state index contributed by atoms with van der Waals surface area (Å²) in [4.78, 5) is 42.2. The highest BCUT2D eigenvalue weighted by atomic mass is 19.1. The molecule has 3 heterocycles. The van der Waals surface area contributed by atoms with E-state index < -0.39 is 35.6 Å². The predicted octanol–water partition coefficient (Wildman–Crippen LogP) is 3.59. The number of hydrogen-bond donors (Lipinski definition) is 0. The first-order chi connectivity index (χ1) is 16.1. The number of amides is 2. The number of ketones is 1. The van der Waals surface area contributed by atoms with Gasteiger partial charge in [-0.1, -0.05) is 42.5 Å². The van der Waals surface area contributed by atoms with E-state index >= 15 is 0 Å². The van der Waals surface area contributed by atoms with Crippen molar-refractivity contribution in [3.05, 3.63) is 101 Å². The molecule has 3 aliphatic rings. The molecular weight excluding hydrogens is 421 g/mol. The third-order valence-corrected chi connectivity index (χ3v) is 6.70. The van der Waals surface area contributed by atoms with Gasteiger partial charge in [0.05, 0.1) is 29.8 Å². The predicted molar refractivity (Wildman–Crippen MR) is 119 cm³/mol. The Morgan fingerprint density at radius 3 is 2.24 bits per heavy atom. The molecular formula is C26H18FN3O3. The fourth-order valence-corrected chi connectivity index (χ4v) is 5.28. The van der Waals surface area contributed by atoms with Crippen LogP contribution in [0.4, 0.5) is 10.1 Å². The van der Waals surface area contributed by atoms with Gasteiger partial charge in [0, 0.05) is 5.56 Å². The van der Waals surface area contributed by atoms with Gasteiger partial charge in [-0.2, -0.15) is 5.10 Å². The van der Waals surface area contributed by atoms with Crippen molar-refractivity contribution < 1.29 is 18.8 Å². The molecule has 2 saturated heterocycles. The summed E-state index contributed by atoms with van der Waals surface area (Å²) >= 11 is 0. The molecule has 3 aromatic rings. The van der Waals surface area contributed by atoms with Crippen LogP contribution in [-0.2, 0) is 9.59 Å². The normalized spacial score (nSPS) is 25.1. The van der Waals surface area contributed by atoms with E-state index in [-0.39, 0.29) is 17.3 Å². The second-order valence-corrected chi connectivity index (χ2v) is 8.41. The maximum Gasteiger partial charge on any atom is 0.240 e. The van der Waals surface area contributed by atoms with Crippen molar-refractivity contribution in [3.8, 4) is 0 Å². The Labute approximate surface area is 188 Å². The number of hydrogen-bond acceptors (Lipinski definition) is 5. The maximum atomic E-state index is 13.7. The molecule has 0 bridgehead atoms. The van der Waals surface area contributed by atoms with Crippen molar-refractivity contribution in [2.75, 3.05) is 4.90 Å². The van der Waals surface area contributed by atoms with Crippen molar-refractivity contribution in [2.45, 2.75) is 12.1 Å². The number of Topliss-reactive ketones (excluding diaryl/α,β-unsaturated/α-hetero) is 1. The molecule has 33 heavy (non-hydrogen) atoms. The molecule has 0 saturated carbocycles. The third-order valence-electron chi connectivity index (χ3n) is 6.70. The minimum absolute atomic E-state index is 0.272. The molecule has 3 aliphatic heterocycles. The smallest absolute Gasteiger partial charge is 0.240 e. The Hall–Kier alpha value is -4.13. The molecule has 0 aliphatic carbocycles. The van der Waals surface area contributed by atoms with Crippen molar-refractivity contribution in [3.63, 3.8) is 0 Å². The number of carbonyl (C=O) groups excluding carboxylic acids is 3. The van der Waals surface area contributed by atoms with Crippen LogP contribution in [0.3, 0.4) is 0 Å². The van der Waals surface area contributed by atoms with Crippen molar-refractivity contribution in [1.82, 2.24) is 5.01 Å². The van der Waals surface area contributed by atoms with Crippen molar-refractivity contribution in [1.29, 1.82) is 0 Å². The van der Waals surface area contributed by atoms with Gasteiger partial charge in [0.15, 0.2) is 5.78 Å². The summed E-state index contributed by atoms with van der Waals surface area (Å²) < 4.78 is 13.5. The van der Waals surface area contributed by atoms with Crippen molar-refractivity contribution >= 4 is 29.5 Å². The van der Waals surface area contributed by atoms with Gasteiger partial charge in [0.2, 0.25) is 11.8 Å². The zero-order valence-corrected chi connectivity index (χ0v) is 17.3.